The van der Waals surface area contributed by atoms with Gasteiger partial charge >= 0.3 is 6.03 Å². The van der Waals surface area contributed by atoms with Gasteiger partial charge in [-0.25, -0.2) is 4.79 Å². The molecule has 27 heavy (non-hydrogen) atoms. The largest absolute Gasteiger partial charge is 0.391 e. The number of anilines is 2. The molecule has 0 spiro atoms. The first-order chi connectivity index (χ1) is 13.1. The average molecular weight is 367 g/mol. The maximum absolute atomic E-state index is 11.8. The van der Waals surface area contributed by atoms with Crippen LogP contribution in [0.2, 0.25) is 0 Å². The zero-order chi connectivity index (χ0) is 18.8. The number of aliphatic hydroxyl groups excluding tert-OH is 1. The Hall–Kier alpha value is -3.20. The summed E-state index contributed by atoms with van der Waals surface area (Å²) in [6.45, 7) is 3.62. The van der Waals surface area contributed by atoms with Crippen molar-refractivity contribution in [1.29, 1.82) is 0 Å². The first-order valence-corrected chi connectivity index (χ1v) is 8.93. The van der Waals surface area contributed by atoms with Crippen molar-refractivity contribution in [1.82, 2.24) is 24.9 Å². The summed E-state index contributed by atoms with van der Waals surface area (Å²) < 4.78 is 1.69. The van der Waals surface area contributed by atoms with Crippen LogP contribution in [0.4, 0.5) is 16.6 Å². The van der Waals surface area contributed by atoms with Gasteiger partial charge in [0.25, 0.3) is 5.95 Å². The average Bonchev–Trinajstić information content (AvgIpc) is 3.27. The van der Waals surface area contributed by atoms with Crippen LogP contribution in [0.5, 0.6) is 0 Å². The molecule has 1 aliphatic heterocycles. The number of rotatable bonds is 4. The third kappa shape index (κ3) is 3.54. The van der Waals surface area contributed by atoms with Gasteiger partial charge in [0.1, 0.15) is 5.82 Å². The molecule has 9 heteroatoms. The Bertz CT molecular complexity index is 957. The molecular weight excluding hydrogens is 346 g/mol. The van der Waals surface area contributed by atoms with Crippen molar-refractivity contribution < 1.29 is 9.90 Å². The van der Waals surface area contributed by atoms with Crippen molar-refractivity contribution in [2.75, 3.05) is 29.9 Å². The molecule has 1 fully saturated rings. The van der Waals surface area contributed by atoms with E-state index >= 15 is 0 Å². The van der Waals surface area contributed by atoms with Crippen molar-refractivity contribution in [2.24, 2.45) is 0 Å². The Morgan fingerprint density at radius 2 is 2.26 bits per heavy atom. The molecular formula is C18H21N7O2. The monoisotopic (exact) mass is 367 g/mol. The van der Waals surface area contributed by atoms with E-state index in [2.05, 4.69) is 30.6 Å². The van der Waals surface area contributed by atoms with Gasteiger partial charge in [-0.2, -0.15) is 9.50 Å². The predicted octanol–water partition coefficient (Wildman–Crippen LogP) is 1.50. The van der Waals surface area contributed by atoms with Gasteiger partial charge in [0.05, 0.1) is 6.10 Å². The number of carbonyl (C=O) groups is 1. The summed E-state index contributed by atoms with van der Waals surface area (Å²) in [4.78, 5) is 22.5. The minimum absolute atomic E-state index is 0.227. The molecule has 4 rings (SSSR count). The second-order valence-corrected chi connectivity index (χ2v) is 6.42. The fourth-order valence-corrected chi connectivity index (χ4v) is 3.20. The highest BCUT2D eigenvalue weighted by Crippen LogP contribution is 2.28. The Kier molecular flexibility index (Phi) is 4.59. The van der Waals surface area contributed by atoms with Crippen LogP contribution in [0.15, 0.2) is 36.7 Å². The van der Waals surface area contributed by atoms with Crippen molar-refractivity contribution >= 4 is 23.4 Å². The standard InChI is InChI=1S/C18H21N7O2/c1-2-20-18(27)22-17-21-15-8-13(12-4-3-6-19-10-12)9-16(25(15)23-17)24-7-5-14(26)11-24/h3-4,6,8-10,14,26H,2,5,7,11H2,1H3,(H2,20,22,23,27). The van der Waals surface area contributed by atoms with Crippen LogP contribution >= 0.6 is 0 Å². The van der Waals surface area contributed by atoms with E-state index in [0.717, 1.165) is 23.5 Å². The van der Waals surface area contributed by atoms with Crippen LogP contribution in [-0.2, 0) is 0 Å². The van der Waals surface area contributed by atoms with E-state index in [1.54, 1.807) is 16.9 Å². The molecule has 140 valence electrons. The maximum Gasteiger partial charge on any atom is 0.321 e. The highest BCUT2D eigenvalue weighted by Gasteiger charge is 2.24. The second-order valence-electron chi connectivity index (χ2n) is 6.42. The summed E-state index contributed by atoms with van der Waals surface area (Å²) in [6, 6.07) is 7.42. The molecule has 1 aliphatic rings. The van der Waals surface area contributed by atoms with Crippen LogP contribution < -0.4 is 15.5 Å². The van der Waals surface area contributed by atoms with E-state index in [-0.39, 0.29) is 18.1 Å². The van der Waals surface area contributed by atoms with Crippen molar-refractivity contribution in [3.63, 3.8) is 0 Å². The second kappa shape index (κ2) is 7.20. The zero-order valence-electron chi connectivity index (χ0n) is 15.0. The van der Waals surface area contributed by atoms with E-state index in [1.165, 1.54) is 0 Å². The highest BCUT2D eigenvalue weighted by molar-refractivity contribution is 5.87. The fraction of sp³-hybridized carbons (Fsp3) is 0.333. The van der Waals surface area contributed by atoms with Gasteiger partial charge in [-0.1, -0.05) is 6.07 Å². The van der Waals surface area contributed by atoms with Crippen LogP contribution in [-0.4, -0.2) is 56.5 Å². The fourth-order valence-electron chi connectivity index (χ4n) is 3.20. The smallest absolute Gasteiger partial charge is 0.321 e. The predicted molar refractivity (Wildman–Crippen MR) is 102 cm³/mol. The van der Waals surface area contributed by atoms with Gasteiger partial charge in [-0.15, -0.1) is 5.10 Å². The number of nitrogens with zero attached hydrogens (tertiary/aromatic N) is 5. The lowest BCUT2D eigenvalue weighted by atomic mass is 10.1. The molecule has 3 aromatic heterocycles. The quantitative estimate of drug-likeness (QED) is 0.645. The van der Waals surface area contributed by atoms with Crippen molar-refractivity contribution in [3.8, 4) is 11.1 Å². The number of hydrogen-bond acceptors (Lipinski definition) is 6. The Labute approximate surface area is 156 Å². The number of aliphatic hydroxyl groups is 1. The van der Waals surface area contributed by atoms with E-state index in [4.69, 9.17) is 0 Å². The molecule has 0 aromatic carbocycles. The molecule has 4 heterocycles. The topological polar surface area (TPSA) is 108 Å². The molecule has 0 radical (unpaired) electrons. The summed E-state index contributed by atoms with van der Waals surface area (Å²) in [7, 11) is 0. The first kappa shape index (κ1) is 17.2. The minimum Gasteiger partial charge on any atom is -0.391 e. The number of amides is 2. The normalized spacial score (nSPS) is 16.7. The Morgan fingerprint density at radius 1 is 1.37 bits per heavy atom. The molecule has 9 nitrogen and oxygen atoms in total. The summed E-state index contributed by atoms with van der Waals surface area (Å²) in [5.74, 6) is 1.05. The Morgan fingerprint density at radius 3 is 2.96 bits per heavy atom. The number of hydrogen-bond donors (Lipinski definition) is 3. The molecule has 1 saturated heterocycles. The van der Waals surface area contributed by atoms with Crippen molar-refractivity contribution in [3.05, 3.63) is 36.7 Å². The SMILES string of the molecule is CCNC(=O)Nc1nc2cc(-c3cccnc3)cc(N3CCC(O)C3)n2n1. The number of aromatic nitrogens is 4. The third-order valence-corrected chi connectivity index (χ3v) is 4.46. The molecule has 0 aliphatic carbocycles. The van der Waals surface area contributed by atoms with E-state index in [0.29, 0.717) is 25.2 Å². The number of β-amino-alcohol motifs (C(OH)–C–C–N with tert-alkyl or cyclic N) is 1. The van der Waals surface area contributed by atoms with Gasteiger partial charge < -0.3 is 15.3 Å². The lowest BCUT2D eigenvalue weighted by molar-refractivity contribution is 0.198. The van der Waals surface area contributed by atoms with Crippen LogP contribution in [0.3, 0.4) is 0 Å². The summed E-state index contributed by atoms with van der Waals surface area (Å²) in [5.41, 5.74) is 2.52. The summed E-state index contributed by atoms with van der Waals surface area (Å²) >= 11 is 0. The number of nitrogens with one attached hydrogen (secondary N) is 2. The van der Waals surface area contributed by atoms with Gasteiger partial charge in [0.15, 0.2) is 5.65 Å². The van der Waals surface area contributed by atoms with Crippen LogP contribution in [0.25, 0.3) is 16.8 Å². The number of carbonyl (C=O) groups excluding carboxylic acids is 1. The molecule has 3 N–H and O–H groups in total. The molecule has 1 unspecified atom stereocenters. The van der Waals surface area contributed by atoms with Crippen LogP contribution in [0, 0.1) is 0 Å². The van der Waals surface area contributed by atoms with E-state index < -0.39 is 0 Å². The first-order valence-electron chi connectivity index (χ1n) is 8.93. The molecule has 2 amide bonds. The van der Waals surface area contributed by atoms with Gasteiger partial charge in [0.2, 0.25) is 0 Å². The molecule has 0 saturated carbocycles. The lowest BCUT2D eigenvalue weighted by Gasteiger charge is -2.19. The third-order valence-electron chi connectivity index (χ3n) is 4.46. The molecule has 0 bridgehead atoms. The minimum atomic E-state index is -0.362. The number of pyridine rings is 2. The Balaban J connectivity index is 1.78. The summed E-state index contributed by atoms with van der Waals surface area (Å²) in [6.07, 6.45) is 3.86. The van der Waals surface area contributed by atoms with Gasteiger partial charge in [-0.05, 0) is 37.1 Å². The lowest BCUT2D eigenvalue weighted by Crippen LogP contribution is -2.28. The molecule has 3 aromatic rings. The number of urea groups is 1. The highest BCUT2D eigenvalue weighted by atomic mass is 16.3. The van der Waals surface area contributed by atoms with E-state index in [1.807, 2.05) is 31.2 Å². The van der Waals surface area contributed by atoms with Gasteiger partial charge in [0, 0.05) is 37.6 Å². The number of fused-ring (bicyclic) bond motifs is 1. The maximum atomic E-state index is 11.8. The summed E-state index contributed by atoms with van der Waals surface area (Å²) in [5, 5.41) is 19.7. The van der Waals surface area contributed by atoms with Crippen LogP contribution in [0.1, 0.15) is 13.3 Å². The molecule has 1 atom stereocenters. The van der Waals surface area contributed by atoms with Crippen molar-refractivity contribution in [2.45, 2.75) is 19.4 Å². The van der Waals surface area contributed by atoms with E-state index in [9.17, 15) is 9.90 Å². The zero-order valence-corrected chi connectivity index (χ0v) is 15.0. The van der Waals surface area contributed by atoms with Gasteiger partial charge in [-0.3, -0.25) is 10.3 Å².